The SMILES string of the molecule is CC(C)C[C@H](NC(=O)[C@H](CC(=O)O)NC(C)C)C(=O)NC(CC(F)F)C(=O)C(=O)O. The number of carbonyl (C=O) groups excluding carboxylic acids is 3. The molecule has 5 N–H and O–H groups in total. The average Bonchev–Trinajstić information content (AvgIpc) is 2.57. The third kappa shape index (κ3) is 10.8. The van der Waals surface area contributed by atoms with Gasteiger partial charge in [0, 0.05) is 12.5 Å². The molecule has 172 valence electrons. The van der Waals surface area contributed by atoms with Crippen molar-refractivity contribution in [3.8, 4) is 0 Å². The van der Waals surface area contributed by atoms with Crippen molar-refractivity contribution in [1.29, 1.82) is 0 Å². The largest absolute Gasteiger partial charge is 0.481 e. The van der Waals surface area contributed by atoms with E-state index in [0.29, 0.717) is 0 Å². The van der Waals surface area contributed by atoms with E-state index in [1.807, 2.05) is 5.32 Å². The Balaban J connectivity index is 5.50. The molecule has 30 heavy (non-hydrogen) atoms. The summed E-state index contributed by atoms with van der Waals surface area (Å²) in [6, 6.07) is -4.67. The number of aliphatic carboxylic acids is 2. The summed E-state index contributed by atoms with van der Waals surface area (Å²) >= 11 is 0. The normalized spacial score (nSPS) is 14.3. The fraction of sp³-hybridized carbons (Fsp3) is 0.722. The predicted molar refractivity (Wildman–Crippen MR) is 101 cm³/mol. The number of hydrogen-bond acceptors (Lipinski definition) is 6. The fourth-order valence-corrected chi connectivity index (χ4v) is 2.61. The lowest BCUT2D eigenvalue weighted by Crippen LogP contribution is -2.57. The van der Waals surface area contributed by atoms with Crippen LogP contribution in [-0.2, 0) is 24.0 Å². The van der Waals surface area contributed by atoms with Crippen LogP contribution < -0.4 is 16.0 Å². The Hall–Kier alpha value is -2.63. The molecule has 0 fully saturated rings. The second-order valence-corrected chi connectivity index (χ2v) is 7.52. The minimum atomic E-state index is -3.05. The van der Waals surface area contributed by atoms with Crippen LogP contribution in [-0.4, -0.2) is 70.3 Å². The highest BCUT2D eigenvalue weighted by Crippen LogP contribution is 2.10. The molecule has 0 bridgehead atoms. The third-order valence-corrected chi connectivity index (χ3v) is 3.83. The average molecular weight is 437 g/mol. The predicted octanol–water partition coefficient (Wildman–Crippen LogP) is 0.152. The molecule has 0 radical (unpaired) electrons. The number of Topliss-reactive ketones (excluding diaryl/α,β-unsaturated/α-hetero) is 1. The molecule has 0 saturated heterocycles. The van der Waals surface area contributed by atoms with Crippen molar-refractivity contribution in [2.45, 2.75) is 77.6 Å². The molecule has 0 rings (SSSR count). The standard InChI is InChI=1S/C18H29F2N3O7/c1-8(2)5-11(23-17(28)12(7-14(24)25)21-9(3)4)16(27)22-10(6-13(19)20)15(26)18(29)30/h8-13,21H,5-7H2,1-4H3,(H,22,27)(H,23,28)(H,24,25)(H,29,30)/t10?,11-,12-/m0/s1. The third-order valence-electron chi connectivity index (χ3n) is 3.83. The monoisotopic (exact) mass is 437 g/mol. The Morgan fingerprint density at radius 3 is 1.70 bits per heavy atom. The van der Waals surface area contributed by atoms with Crippen molar-refractivity contribution >= 4 is 29.5 Å². The Morgan fingerprint density at radius 2 is 1.30 bits per heavy atom. The van der Waals surface area contributed by atoms with Crippen LogP contribution >= 0.6 is 0 Å². The van der Waals surface area contributed by atoms with E-state index < -0.39 is 66.9 Å². The highest BCUT2D eigenvalue weighted by molar-refractivity contribution is 6.35. The number of ketones is 1. The molecular weight excluding hydrogens is 408 g/mol. The van der Waals surface area contributed by atoms with Gasteiger partial charge in [-0.25, -0.2) is 13.6 Å². The molecule has 2 amide bonds. The van der Waals surface area contributed by atoms with Gasteiger partial charge in [0.2, 0.25) is 18.2 Å². The molecule has 0 aliphatic carbocycles. The number of halogens is 2. The highest BCUT2D eigenvalue weighted by atomic mass is 19.3. The van der Waals surface area contributed by atoms with Crippen LogP contribution in [0.25, 0.3) is 0 Å². The number of carboxylic acids is 2. The second-order valence-electron chi connectivity index (χ2n) is 7.52. The maximum Gasteiger partial charge on any atom is 0.374 e. The molecule has 10 nitrogen and oxygen atoms in total. The van der Waals surface area contributed by atoms with Crippen LogP contribution in [0.5, 0.6) is 0 Å². The topological polar surface area (TPSA) is 162 Å². The van der Waals surface area contributed by atoms with E-state index in [1.165, 1.54) is 0 Å². The molecule has 1 unspecified atom stereocenters. The number of rotatable bonds is 14. The van der Waals surface area contributed by atoms with Gasteiger partial charge in [-0.05, 0) is 12.3 Å². The van der Waals surface area contributed by atoms with Crippen LogP contribution in [0.3, 0.4) is 0 Å². The van der Waals surface area contributed by atoms with Gasteiger partial charge < -0.3 is 26.2 Å². The van der Waals surface area contributed by atoms with Crippen LogP contribution in [0.1, 0.15) is 47.0 Å². The first-order chi connectivity index (χ1) is 13.7. The van der Waals surface area contributed by atoms with Crippen LogP contribution in [0.2, 0.25) is 0 Å². The van der Waals surface area contributed by atoms with Crippen molar-refractivity contribution in [2.75, 3.05) is 0 Å². The minimum Gasteiger partial charge on any atom is -0.481 e. The summed E-state index contributed by atoms with van der Waals surface area (Å²) in [7, 11) is 0. The smallest absolute Gasteiger partial charge is 0.374 e. The Labute approximate surface area is 172 Å². The quantitative estimate of drug-likeness (QED) is 0.240. The summed E-state index contributed by atoms with van der Waals surface area (Å²) in [6.45, 7) is 6.80. The number of amides is 2. The summed E-state index contributed by atoms with van der Waals surface area (Å²) < 4.78 is 25.4. The number of nitrogens with one attached hydrogen (secondary N) is 3. The Kier molecular flexibility index (Phi) is 11.7. The molecule has 0 aromatic carbocycles. The van der Waals surface area contributed by atoms with Gasteiger partial charge in [-0.1, -0.05) is 27.7 Å². The summed E-state index contributed by atoms with van der Waals surface area (Å²) in [5, 5.41) is 24.8. The highest BCUT2D eigenvalue weighted by Gasteiger charge is 2.33. The molecule has 0 spiro atoms. The zero-order chi connectivity index (χ0) is 23.6. The van der Waals surface area contributed by atoms with E-state index in [4.69, 9.17) is 10.2 Å². The van der Waals surface area contributed by atoms with E-state index >= 15 is 0 Å². The number of hydrogen-bond donors (Lipinski definition) is 5. The number of carbonyl (C=O) groups is 5. The number of carboxylic acid groups (broad SMARTS) is 2. The molecule has 0 aliphatic heterocycles. The molecule has 3 atom stereocenters. The Morgan fingerprint density at radius 1 is 0.800 bits per heavy atom. The van der Waals surface area contributed by atoms with E-state index in [1.54, 1.807) is 27.7 Å². The molecule has 0 aromatic rings. The summed E-state index contributed by atoms with van der Waals surface area (Å²) in [5.74, 6) is -6.81. The van der Waals surface area contributed by atoms with Crippen molar-refractivity contribution in [3.05, 3.63) is 0 Å². The van der Waals surface area contributed by atoms with Gasteiger partial charge >= 0.3 is 11.9 Å². The number of alkyl halides is 2. The van der Waals surface area contributed by atoms with Gasteiger partial charge in [-0.3, -0.25) is 19.2 Å². The van der Waals surface area contributed by atoms with Crippen molar-refractivity contribution in [2.24, 2.45) is 5.92 Å². The van der Waals surface area contributed by atoms with Crippen LogP contribution in [0.4, 0.5) is 8.78 Å². The zero-order valence-corrected chi connectivity index (χ0v) is 17.3. The van der Waals surface area contributed by atoms with Gasteiger partial charge in [-0.15, -0.1) is 0 Å². The van der Waals surface area contributed by atoms with E-state index in [-0.39, 0.29) is 18.4 Å². The van der Waals surface area contributed by atoms with E-state index in [9.17, 15) is 32.8 Å². The first kappa shape index (κ1) is 27.4. The second kappa shape index (κ2) is 12.8. The van der Waals surface area contributed by atoms with Crippen molar-refractivity contribution < 1.29 is 43.0 Å². The first-order valence-corrected chi connectivity index (χ1v) is 9.38. The maximum atomic E-state index is 12.7. The van der Waals surface area contributed by atoms with Crippen LogP contribution in [0, 0.1) is 5.92 Å². The van der Waals surface area contributed by atoms with Gasteiger partial charge in [0.1, 0.15) is 12.1 Å². The van der Waals surface area contributed by atoms with E-state index in [0.717, 1.165) is 0 Å². The molecular formula is C18H29F2N3O7. The fourth-order valence-electron chi connectivity index (χ4n) is 2.61. The van der Waals surface area contributed by atoms with Gasteiger partial charge in [-0.2, -0.15) is 0 Å². The lowest BCUT2D eigenvalue weighted by molar-refractivity contribution is -0.151. The molecule has 12 heteroatoms. The van der Waals surface area contributed by atoms with Crippen molar-refractivity contribution in [1.82, 2.24) is 16.0 Å². The summed E-state index contributed by atoms with van der Waals surface area (Å²) in [4.78, 5) is 58.5. The molecule has 0 aliphatic rings. The molecule has 0 saturated carbocycles. The summed E-state index contributed by atoms with van der Waals surface area (Å²) in [5.41, 5.74) is 0. The molecule has 0 heterocycles. The van der Waals surface area contributed by atoms with Crippen LogP contribution in [0.15, 0.2) is 0 Å². The van der Waals surface area contributed by atoms with Gasteiger partial charge in [0.15, 0.2) is 0 Å². The Bertz CT molecular complexity index is 641. The lowest BCUT2D eigenvalue weighted by Gasteiger charge is -2.26. The zero-order valence-electron chi connectivity index (χ0n) is 17.3. The minimum absolute atomic E-state index is 0.0434. The van der Waals surface area contributed by atoms with Crippen molar-refractivity contribution in [3.63, 3.8) is 0 Å². The molecule has 0 aromatic heterocycles. The van der Waals surface area contributed by atoms with Gasteiger partial charge in [0.05, 0.1) is 12.5 Å². The first-order valence-electron chi connectivity index (χ1n) is 9.38. The lowest BCUT2D eigenvalue weighted by atomic mass is 10.0. The summed E-state index contributed by atoms with van der Waals surface area (Å²) in [6.07, 6.45) is -4.77. The van der Waals surface area contributed by atoms with Gasteiger partial charge in [0.25, 0.3) is 5.78 Å². The van der Waals surface area contributed by atoms with E-state index in [2.05, 4.69) is 10.6 Å². The maximum absolute atomic E-state index is 12.7.